The molecule has 0 bridgehead atoms. The molecule has 0 fully saturated rings. The second-order valence-electron chi connectivity index (χ2n) is 6.86. The standard InChI is InChI=1S/C23H21N5/c1-4-22-21(23-25-15(2)27-28(23)16(3)26-22)13-17-9-11-18(12-10-17)20-8-6-5-7-19(20)14-24/h5-12H,4,13H2,1-3H3. The van der Waals surface area contributed by atoms with E-state index in [1.54, 1.807) is 0 Å². The molecule has 2 aromatic carbocycles. The van der Waals surface area contributed by atoms with Gasteiger partial charge in [0.2, 0.25) is 0 Å². The zero-order chi connectivity index (χ0) is 19.7. The molecule has 4 rings (SSSR count). The van der Waals surface area contributed by atoms with Gasteiger partial charge in [0, 0.05) is 17.7 Å². The van der Waals surface area contributed by atoms with Gasteiger partial charge in [-0.05, 0) is 43.0 Å². The fraction of sp³-hybridized carbons (Fsp3) is 0.217. The Morgan fingerprint density at radius 2 is 1.75 bits per heavy atom. The molecule has 0 radical (unpaired) electrons. The summed E-state index contributed by atoms with van der Waals surface area (Å²) >= 11 is 0. The normalized spacial score (nSPS) is 10.9. The maximum atomic E-state index is 9.34. The first kappa shape index (κ1) is 17.9. The summed E-state index contributed by atoms with van der Waals surface area (Å²) in [5.74, 6) is 1.61. The minimum absolute atomic E-state index is 0.687. The van der Waals surface area contributed by atoms with Crippen molar-refractivity contribution in [3.05, 3.63) is 82.6 Å². The number of nitriles is 1. The van der Waals surface area contributed by atoms with Gasteiger partial charge < -0.3 is 0 Å². The molecule has 5 nitrogen and oxygen atoms in total. The van der Waals surface area contributed by atoms with Gasteiger partial charge in [-0.15, -0.1) is 5.10 Å². The first-order valence-electron chi connectivity index (χ1n) is 9.41. The van der Waals surface area contributed by atoms with Crippen molar-refractivity contribution in [2.45, 2.75) is 33.6 Å². The van der Waals surface area contributed by atoms with Crippen LogP contribution in [0.15, 0.2) is 48.5 Å². The summed E-state index contributed by atoms with van der Waals surface area (Å²) in [7, 11) is 0. The summed E-state index contributed by atoms with van der Waals surface area (Å²) < 4.78 is 1.83. The van der Waals surface area contributed by atoms with Gasteiger partial charge in [-0.3, -0.25) is 0 Å². The second-order valence-corrected chi connectivity index (χ2v) is 6.86. The van der Waals surface area contributed by atoms with Gasteiger partial charge in [0.25, 0.3) is 0 Å². The lowest BCUT2D eigenvalue weighted by Crippen LogP contribution is -2.07. The highest BCUT2D eigenvalue weighted by Gasteiger charge is 2.15. The van der Waals surface area contributed by atoms with Crippen LogP contribution in [0.3, 0.4) is 0 Å². The van der Waals surface area contributed by atoms with Crippen molar-refractivity contribution in [1.29, 1.82) is 5.26 Å². The molecule has 0 aliphatic carbocycles. The van der Waals surface area contributed by atoms with Crippen molar-refractivity contribution in [2.75, 3.05) is 0 Å². The average Bonchev–Trinajstić information content (AvgIpc) is 3.12. The Labute approximate surface area is 164 Å². The molecule has 0 aliphatic heterocycles. The fourth-order valence-corrected chi connectivity index (χ4v) is 3.59. The van der Waals surface area contributed by atoms with E-state index < -0.39 is 0 Å². The van der Waals surface area contributed by atoms with Crippen LogP contribution < -0.4 is 0 Å². The molecular weight excluding hydrogens is 346 g/mol. The van der Waals surface area contributed by atoms with Crippen molar-refractivity contribution in [2.24, 2.45) is 0 Å². The van der Waals surface area contributed by atoms with Gasteiger partial charge in [-0.25, -0.2) is 9.97 Å². The van der Waals surface area contributed by atoms with Gasteiger partial charge >= 0.3 is 0 Å². The molecule has 0 N–H and O–H groups in total. The summed E-state index contributed by atoms with van der Waals surface area (Å²) in [4.78, 5) is 9.38. The Morgan fingerprint density at radius 1 is 1.00 bits per heavy atom. The van der Waals surface area contributed by atoms with Crippen LogP contribution in [-0.4, -0.2) is 19.6 Å². The highest BCUT2D eigenvalue weighted by Crippen LogP contribution is 2.25. The van der Waals surface area contributed by atoms with Gasteiger partial charge in [-0.2, -0.15) is 9.78 Å². The van der Waals surface area contributed by atoms with E-state index in [-0.39, 0.29) is 0 Å². The Balaban J connectivity index is 1.73. The Bertz CT molecular complexity index is 1200. The summed E-state index contributed by atoms with van der Waals surface area (Å²) in [5.41, 5.74) is 6.95. The Kier molecular flexibility index (Phi) is 4.62. The van der Waals surface area contributed by atoms with Crippen LogP contribution in [0.2, 0.25) is 0 Å². The monoisotopic (exact) mass is 367 g/mol. The predicted octanol–water partition coefficient (Wildman–Crippen LogP) is 4.43. The molecule has 5 heteroatoms. The zero-order valence-electron chi connectivity index (χ0n) is 16.3. The highest BCUT2D eigenvalue weighted by molar-refractivity contribution is 5.70. The molecule has 0 spiro atoms. The Hall–Kier alpha value is -3.52. The molecule has 0 atom stereocenters. The van der Waals surface area contributed by atoms with Crippen molar-refractivity contribution in [3.8, 4) is 17.2 Å². The molecule has 4 aromatic rings. The van der Waals surface area contributed by atoms with Crippen LogP contribution in [0.25, 0.3) is 16.8 Å². The Morgan fingerprint density at radius 3 is 2.46 bits per heavy atom. The summed E-state index contributed by atoms with van der Waals surface area (Å²) in [6, 6.07) is 18.3. The lowest BCUT2D eigenvalue weighted by Gasteiger charge is -2.11. The van der Waals surface area contributed by atoms with Gasteiger partial charge in [-0.1, -0.05) is 49.4 Å². The molecule has 138 valence electrons. The van der Waals surface area contributed by atoms with Crippen LogP contribution in [0.4, 0.5) is 0 Å². The van der Waals surface area contributed by atoms with E-state index in [9.17, 15) is 5.26 Å². The minimum atomic E-state index is 0.687. The smallest absolute Gasteiger partial charge is 0.163 e. The van der Waals surface area contributed by atoms with E-state index >= 15 is 0 Å². The number of rotatable bonds is 4. The zero-order valence-corrected chi connectivity index (χ0v) is 16.3. The molecular formula is C23H21N5. The summed E-state index contributed by atoms with van der Waals surface area (Å²) in [5, 5.41) is 13.8. The van der Waals surface area contributed by atoms with E-state index in [1.165, 1.54) is 5.56 Å². The molecule has 2 heterocycles. The number of hydrogen-bond acceptors (Lipinski definition) is 4. The largest absolute Gasteiger partial charge is 0.238 e. The van der Waals surface area contributed by atoms with Crippen molar-refractivity contribution in [3.63, 3.8) is 0 Å². The fourth-order valence-electron chi connectivity index (χ4n) is 3.59. The number of fused-ring (bicyclic) bond motifs is 1. The second kappa shape index (κ2) is 7.24. The first-order chi connectivity index (χ1) is 13.6. The molecule has 0 amide bonds. The molecule has 0 saturated carbocycles. The molecule has 0 unspecified atom stereocenters. The van der Waals surface area contributed by atoms with E-state index in [0.29, 0.717) is 5.56 Å². The number of hydrogen-bond donors (Lipinski definition) is 0. The minimum Gasteiger partial charge on any atom is -0.238 e. The van der Waals surface area contributed by atoms with Crippen LogP contribution in [0, 0.1) is 25.2 Å². The van der Waals surface area contributed by atoms with Gasteiger partial charge in [0.1, 0.15) is 11.6 Å². The summed E-state index contributed by atoms with van der Waals surface area (Å²) in [6.45, 7) is 5.99. The lowest BCUT2D eigenvalue weighted by molar-refractivity contribution is 0.812. The number of nitrogens with zero attached hydrogens (tertiary/aromatic N) is 5. The lowest BCUT2D eigenvalue weighted by atomic mass is 9.97. The van der Waals surface area contributed by atoms with Gasteiger partial charge in [0.05, 0.1) is 11.6 Å². The van der Waals surface area contributed by atoms with Gasteiger partial charge in [0.15, 0.2) is 5.65 Å². The van der Waals surface area contributed by atoms with Crippen molar-refractivity contribution < 1.29 is 0 Å². The highest BCUT2D eigenvalue weighted by atomic mass is 15.3. The van der Waals surface area contributed by atoms with Crippen LogP contribution in [-0.2, 0) is 12.8 Å². The number of aryl methyl sites for hydroxylation is 3. The maximum Gasteiger partial charge on any atom is 0.163 e. The van der Waals surface area contributed by atoms with Crippen LogP contribution >= 0.6 is 0 Å². The third-order valence-electron chi connectivity index (χ3n) is 4.96. The van der Waals surface area contributed by atoms with E-state index in [0.717, 1.165) is 52.5 Å². The quantitative estimate of drug-likeness (QED) is 0.535. The SMILES string of the molecule is CCc1nc(C)n2nc(C)nc2c1Cc1ccc(-c2ccccc2C#N)cc1. The van der Waals surface area contributed by atoms with E-state index in [4.69, 9.17) is 4.98 Å². The molecule has 0 saturated heterocycles. The predicted molar refractivity (Wildman–Crippen MR) is 109 cm³/mol. The van der Waals surface area contributed by atoms with Crippen molar-refractivity contribution in [1.82, 2.24) is 19.6 Å². The summed E-state index contributed by atoms with van der Waals surface area (Å²) in [6.07, 6.45) is 1.60. The van der Waals surface area contributed by atoms with Crippen molar-refractivity contribution >= 4 is 5.65 Å². The van der Waals surface area contributed by atoms with E-state index in [1.807, 2.05) is 42.6 Å². The number of benzene rings is 2. The average molecular weight is 367 g/mol. The third kappa shape index (κ3) is 3.14. The molecule has 28 heavy (non-hydrogen) atoms. The topological polar surface area (TPSA) is 66.9 Å². The molecule has 0 aliphatic rings. The first-order valence-corrected chi connectivity index (χ1v) is 9.41. The van der Waals surface area contributed by atoms with E-state index in [2.05, 4.69) is 47.3 Å². The van der Waals surface area contributed by atoms with Crippen LogP contribution in [0.1, 0.15) is 41.0 Å². The van der Waals surface area contributed by atoms with Crippen LogP contribution in [0.5, 0.6) is 0 Å². The maximum absolute atomic E-state index is 9.34. The molecule has 2 aromatic heterocycles. The number of aromatic nitrogens is 4. The third-order valence-corrected chi connectivity index (χ3v) is 4.96.